The number of rotatable bonds is 4. The Morgan fingerprint density at radius 1 is 1.71 bits per heavy atom. The molecule has 0 aliphatic carbocycles. The summed E-state index contributed by atoms with van der Waals surface area (Å²) in [5.74, 6) is -0.191. The largest absolute Gasteiger partial charge is 0.369 e. The number of hydrogen-bond donors (Lipinski definition) is 2. The highest BCUT2D eigenvalue weighted by atomic mass is 16.1. The molecule has 0 saturated carbocycles. The summed E-state index contributed by atoms with van der Waals surface area (Å²) in [5, 5.41) is 7.54. The minimum absolute atomic E-state index is 0.0167. The van der Waals surface area contributed by atoms with Gasteiger partial charge in [-0.05, 0) is 38.3 Å². The molecule has 0 bridgehead atoms. The molecular weight excluding hydrogens is 216 g/mol. The van der Waals surface area contributed by atoms with E-state index in [0.29, 0.717) is 0 Å². The van der Waals surface area contributed by atoms with Crippen LogP contribution in [-0.4, -0.2) is 28.3 Å². The molecule has 94 valence electrons. The molecule has 1 aliphatic heterocycles. The third-order valence-electron chi connectivity index (χ3n) is 3.58. The molecule has 1 saturated heterocycles. The Hall–Kier alpha value is -1.36. The second-order valence-corrected chi connectivity index (χ2v) is 4.70. The van der Waals surface area contributed by atoms with Crippen LogP contribution in [0.1, 0.15) is 25.0 Å². The fraction of sp³-hybridized carbons (Fsp3) is 0.667. The lowest BCUT2D eigenvalue weighted by atomic mass is 9.87. The molecule has 17 heavy (non-hydrogen) atoms. The highest BCUT2D eigenvalue weighted by Gasteiger charge is 2.28. The minimum Gasteiger partial charge on any atom is -0.369 e. The van der Waals surface area contributed by atoms with Gasteiger partial charge >= 0.3 is 0 Å². The van der Waals surface area contributed by atoms with E-state index in [-0.39, 0.29) is 17.9 Å². The molecular formula is C12H20N4O. The summed E-state index contributed by atoms with van der Waals surface area (Å²) in [4.78, 5) is 11.4. The molecule has 2 atom stereocenters. The first kappa shape index (κ1) is 12.1. The van der Waals surface area contributed by atoms with Crippen LogP contribution in [0.25, 0.3) is 0 Å². The number of piperidine rings is 1. The van der Waals surface area contributed by atoms with Gasteiger partial charge < -0.3 is 11.1 Å². The molecule has 1 fully saturated rings. The summed E-state index contributed by atoms with van der Waals surface area (Å²) in [7, 11) is 1.94. The molecule has 5 heteroatoms. The van der Waals surface area contributed by atoms with Crippen LogP contribution in [-0.2, 0) is 18.3 Å². The number of aryl methyl sites for hydroxylation is 2. The van der Waals surface area contributed by atoms with Gasteiger partial charge in [0.15, 0.2) is 0 Å². The van der Waals surface area contributed by atoms with Gasteiger partial charge in [0.2, 0.25) is 5.91 Å². The van der Waals surface area contributed by atoms with Gasteiger partial charge in [0, 0.05) is 25.0 Å². The van der Waals surface area contributed by atoms with Crippen LogP contribution in [0.3, 0.4) is 0 Å². The Kier molecular flexibility index (Phi) is 3.78. The highest BCUT2D eigenvalue weighted by molar-refractivity contribution is 5.77. The van der Waals surface area contributed by atoms with E-state index in [1.54, 1.807) is 6.20 Å². The van der Waals surface area contributed by atoms with Crippen molar-refractivity contribution in [2.75, 3.05) is 6.54 Å². The van der Waals surface area contributed by atoms with E-state index < -0.39 is 0 Å². The molecule has 2 unspecified atom stereocenters. The summed E-state index contributed by atoms with van der Waals surface area (Å²) in [6.45, 7) is 0.986. The molecule has 2 rings (SSSR count). The van der Waals surface area contributed by atoms with E-state index in [1.807, 2.05) is 17.8 Å². The Labute approximate surface area is 101 Å². The van der Waals surface area contributed by atoms with E-state index >= 15 is 0 Å². The normalized spacial score (nSPS) is 24.8. The Morgan fingerprint density at radius 2 is 2.53 bits per heavy atom. The van der Waals surface area contributed by atoms with Gasteiger partial charge in [-0.1, -0.05) is 0 Å². The van der Waals surface area contributed by atoms with Gasteiger partial charge in [-0.2, -0.15) is 5.10 Å². The number of nitrogens with one attached hydrogen (secondary N) is 1. The standard InChI is InChI=1S/C12H20N4O/c1-16-9(6-8-15-16)4-5-11-10(12(13)17)3-2-7-14-11/h6,8,10-11,14H,2-5,7H2,1H3,(H2,13,17). The number of nitrogens with two attached hydrogens (primary N) is 1. The number of hydrogen-bond acceptors (Lipinski definition) is 3. The quantitative estimate of drug-likeness (QED) is 0.784. The summed E-state index contributed by atoms with van der Waals surface area (Å²) in [5.41, 5.74) is 6.63. The van der Waals surface area contributed by atoms with E-state index in [4.69, 9.17) is 5.73 Å². The van der Waals surface area contributed by atoms with E-state index in [9.17, 15) is 4.79 Å². The molecule has 0 spiro atoms. The van der Waals surface area contributed by atoms with Gasteiger partial charge in [-0.15, -0.1) is 0 Å². The van der Waals surface area contributed by atoms with Crippen LogP contribution in [0.4, 0.5) is 0 Å². The molecule has 1 aromatic heterocycles. The van der Waals surface area contributed by atoms with Crippen molar-refractivity contribution < 1.29 is 4.79 Å². The van der Waals surface area contributed by atoms with E-state index in [2.05, 4.69) is 10.4 Å². The van der Waals surface area contributed by atoms with Crippen LogP contribution in [0, 0.1) is 5.92 Å². The van der Waals surface area contributed by atoms with Crippen LogP contribution in [0.2, 0.25) is 0 Å². The Balaban J connectivity index is 1.92. The van der Waals surface area contributed by atoms with E-state index in [0.717, 1.165) is 32.2 Å². The highest BCUT2D eigenvalue weighted by Crippen LogP contribution is 2.20. The fourth-order valence-corrected chi connectivity index (χ4v) is 2.55. The van der Waals surface area contributed by atoms with Gasteiger partial charge in [0.05, 0.1) is 5.92 Å². The third kappa shape index (κ3) is 2.85. The zero-order chi connectivity index (χ0) is 12.3. The van der Waals surface area contributed by atoms with Gasteiger partial charge in [0.1, 0.15) is 0 Å². The topological polar surface area (TPSA) is 72.9 Å². The van der Waals surface area contributed by atoms with Crippen molar-refractivity contribution in [3.05, 3.63) is 18.0 Å². The second kappa shape index (κ2) is 5.31. The van der Waals surface area contributed by atoms with Crippen molar-refractivity contribution >= 4 is 5.91 Å². The monoisotopic (exact) mass is 236 g/mol. The predicted octanol–water partition coefficient (Wildman–Crippen LogP) is 0.206. The first-order valence-electron chi connectivity index (χ1n) is 6.18. The maximum absolute atomic E-state index is 11.4. The van der Waals surface area contributed by atoms with Gasteiger partial charge in [-0.3, -0.25) is 9.48 Å². The van der Waals surface area contributed by atoms with Crippen molar-refractivity contribution in [2.45, 2.75) is 31.7 Å². The number of nitrogens with zero attached hydrogens (tertiary/aromatic N) is 2. The molecule has 1 aromatic rings. The van der Waals surface area contributed by atoms with Crippen molar-refractivity contribution in [3.63, 3.8) is 0 Å². The maximum Gasteiger partial charge on any atom is 0.222 e. The van der Waals surface area contributed by atoms with E-state index in [1.165, 1.54) is 5.69 Å². The summed E-state index contributed by atoms with van der Waals surface area (Å²) in [6, 6.07) is 2.23. The zero-order valence-electron chi connectivity index (χ0n) is 10.2. The zero-order valence-corrected chi connectivity index (χ0v) is 10.2. The SMILES string of the molecule is Cn1nccc1CCC1NCCCC1C(N)=O. The Morgan fingerprint density at radius 3 is 3.18 bits per heavy atom. The van der Waals surface area contributed by atoms with Crippen molar-refractivity contribution in [1.29, 1.82) is 0 Å². The number of carbonyl (C=O) groups is 1. The molecule has 2 heterocycles. The smallest absolute Gasteiger partial charge is 0.222 e. The molecule has 0 aromatic carbocycles. The molecule has 1 aliphatic rings. The first-order valence-corrected chi connectivity index (χ1v) is 6.18. The third-order valence-corrected chi connectivity index (χ3v) is 3.58. The van der Waals surface area contributed by atoms with Crippen molar-refractivity contribution in [2.24, 2.45) is 18.7 Å². The molecule has 3 N–H and O–H groups in total. The second-order valence-electron chi connectivity index (χ2n) is 4.70. The van der Waals surface area contributed by atoms with Gasteiger partial charge in [-0.25, -0.2) is 0 Å². The van der Waals surface area contributed by atoms with Crippen molar-refractivity contribution in [3.8, 4) is 0 Å². The number of aromatic nitrogens is 2. The van der Waals surface area contributed by atoms with Crippen LogP contribution >= 0.6 is 0 Å². The minimum atomic E-state index is -0.174. The molecule has 5 nitrogen and oxygen atoms in total. The van der Waals surface area contributed by atoms with Crippen LogP contribution < -0.4 is 11.1 Å². The lowest BCUT2D eigenvalue weighted by Gasteiger charge is -2.30. The van der Waals surface area contributed by atoms with Crippen molar-refractivity contribution in [1.82, 2.24) is 15.1 Å². The number of carbonyl (C=O) groups excluding carboxylic acids is 1. The molecule has 1 amide bonds. The lowest BCUT2D eigenvalue weighted by Crippen LogP contribution is -2.47. The Bertz CT molecular complexity index is 388. The number of amides is 1. The number of primary amides is 1. The maximum atomic E-state index is 11.4. The summed E-state index contributed by atoms with van der Waals surface area (Å²) >= 11 is 0. The summed E-state index contributed by atoms with van der Waals surface area (Å²) in [6.07, 6.45) is 5.62. The summed E-state index contributed by atoms with van der Waals surface area (Å²) < 4.78 is 1.88. The van der Waals surface area contributed by atoms with Crippen LogP contribution in [0.15, 0.2) is 12.3 Å². The lowest BCUT2D eigenvalue weighted by molar-refractivity contribution is -0.123. The van der Waals surface area contributed by atoms with Crippen LogP contribution in [0.5, 0.6) is 0 Å². The average molecular weight is 236 g/mol. The predicted molar refractivity (Wildman–Crippen MR) is 65.2 cm³/mol. The molecule has 0 radical (unpaired) electrons. The van der Waals surface area contributed by atoms with Gasteiger partial charge in [0.25, 0.3) is 0 Å². The first-order chi connectivity index (χ1) is 8.18. The fourth-order valence-electron chi connectivity index (χ4n) is 2.55. The average Bonchev–Trinajstić information content (AvgIpc) is 2.72.